The van der Waals surface area contributed by atoms with Gasteiger partial charge in [-0.1, -0.05) is 54.1 Å². The van der Waals surface area contributed by atoms with Crippen molar-refractivity contribution in [3.05, 3.63) is 95.0 Å². The third-order valence-corrected chi connectivity index (χ3v) is 6.40. The Hall–Kier alpha value is -2.90. The second-order valence-corrected chi connectivity index (χ2v) is 9.30. The molecule has 7 heteroatoms. The van der Waals surface area contributed by atoms with Crippen molar-refractivity contribution < 1.29 is 14.6 Å². The van der Waals surface area contributed by atoms with Crippen LogP contribution in [0.5, 0.6) is 5.75 Å². The van der Waals surface area contributed by atoms with E-state index in [2.05, 4.69) is 27.7 Å². The predicted octanol–water partition coefficient (Wildman–Crippen LogP) is 4.59. The molecular formula is C28H32ClN3O3. The smallest absolute Gasteiger partial charge is 0.255 e. The van der Waals surface area contributed by atoms with Gasteiger partial charge in [-0.05, 0) is 67.9 Å². The zero-order valence-electron chi connectivity index (χ0n) is 19.7. The van der Waals surface area contributed by atoms with Gasteiger partial charge in [0, 0.05) is 29.7 Å². The van der Waals surface area contributed by atoms with Gasteiger partial charge >= 0.3 is 0 Å². The largest absolute Gasteiger partial charge is 0.489 e. The fourth-order valence-corrected chi connectivity index (χ4v) is 4.30. The monoisotopic (exact) mass is 493 g/mol. The number of carbonyl (C=O) groups excluding carboxylic acids is 1. The molecule has 6 nitrogen and oxygen atoms in total. The number of para-hydroxylation sites is 2. The Labute approximate surface area is 211 Å². The molecule has 4 rings (SSSR count). The lowest BCUT2D eigenvalue weighted by atomic mass is 10.0. The Morgan fingerprint density at radius 2 is 1.69 bits per heavy atom. The summed E-state index contributed by atoms with van der Waals surface area (Å²) in [5.74, 6) is 0.331. The summed E-state index contributed by atoms with van der Waals surface area (Å²) in [5.41, 5.74) is 2.42. The Morgan fingerprint density at radius 3 is 2.43 bits per heavy atom. The number of hydrogen-bond acceptors (Lipinski definition) is 5. The highest BCUT2D eigenvalue weighted by Crippen LogP contribution is 2.24. The molecule has 1 aliphatic rings. The molecule has 0 spiro atoms. The zero-order valence-corrected chi connectivity index (χ0v) is 20.5. The molecule has 1 amide bonds. The van der Waals surface area contributed by atoms with Crippen molar-refractivity contribution in [2.45, 2.75) is 31.5 Å². The minimum Gasteiger partial charge on any atom is -0.489 e. The zero-order chi connectivity index (χ0) is 24.5. The molecule has 184 valence electrons. The number of ether oxygens (including phenoxy) is 1. The number of likely N-dealkylation sites (tertiary alicyclic amines) is 1. The van der Waals surface area contributed by atoms with E-state index in [1.54, 1.807) is 24.3 Å². The quantitative estimate of drug-likeness (QED) is 0.385. The number of nitrogens with zero attached hydrogens (tertiary/aromatic N) is 1. The van der Waals surface area contributed by atoms with E-state index < -0.39 is 6.10 Å². The average molecular weight is 494 g/mol. The lowest BCUT2D eigenvalue weighted by Crippen LogP contribution is -2.45. The van der Waals surface area contributed by atoms with E-state index in [0.29, 0.717) is 29.6 Å². The second kappa shape index (κ2) is 12.7. The Bertz CT molecular complexity index is 1070. The van der Waals surface area contributed by atoms with Crippen molar-refractivity contribution in [2.24, 2.45) is 0 Å². The van der Waals surface area contributed by atoms with Crippen molar-refractivity contribution in [3.8, 4) is 5.75 Å². The van der Waals surface area contributed by atoms with Crippen molar-refractivity contribution >= 4 is 23.2 Å². The van der Waals surface area contributed by atoms with Crippen molar-refractivity contribution in [3.63, 3.8) is 0 Å². The van der Waals surface area contributed by atoms with Gasteiger partial charge in [-0.25, -0.2) is 0 Å². The Balaban J connectivity index is 1.18. The molecule has 1 heterocycles. The number of aliphatic hydroxyl groups excluding tert-OH is 1. The van der Waals surface area contributed by atoms with Crippen LogP contribution < -0.4 is 15.4 Å². The first-order valence-electron chi connectivity index (χ1n) is 12.0. The van der Waals surface area contributed by atoms with Crippen LogP contribution in [-0.2, 0) is 6.54 Å². The molecule has 1 aliphatic heterocycles. The molecule has 1 saturated heterocycles. The molecule has 0 aromatic heterocycles. The van der Waals surface area contributed by atoms with Gasteiger partial charge < -0.3 is 20.5 Å². The Kier molecular flexibility index (Phi) is 9.15. The predicted molar refractivity (Wildman–Crippen MR) is 140 cm³/mol. The second-order valence-electron chi connectivity index (χ2n) is 8.87. The van der Waals surface area contributed by atoms with E-state index in [0.717, 1.165) is 37.5 Å². The van der Waals surface area contributed by atoms with Crippen LogP contribution in [0.3, 0.4) is 0 Å². The summed E-state index contributed by atoms with van der Waals surface area (Å²) >= 11 is 5.97. The van der Waals surface area contributed by atoms with Gasteiger partial charge in [0.2, 0.25) is 0 Å². The molecule has 1 unspecified atom stereocenters. The average Bonchev–Trinajstić information content (AvgIpc) is 2.89. The van der Waals surface area contributed by atoms with Gasteiger partial charge in [0.15, 0.2) is 0 Å². The first-order chi connectivity index (χ1) is 17.1. The number of piperidine rings is 1. The molecule has 1 atom stereocenters. The first-order valence-corrected chi connectivity index (χ1v) is 12.4. The highest BCUT2D eigenvalue weighted by molar-refractivity contribution is 6.30. The maximum absolute atomic E-state index is 12.5. The van der Waals surface area contributed by atoms with E-state index in [1.807, 2.05) is 42.5 Å². The summed E-state index contributed by atoms with van der Waals surface area (Å²) in [6, 6.07) is 24.7. The molecule has 0 saturated carbocycles. The van der Waals surface area contributed by atoms with E-state index in [9.17, 15) is 9.90 Å². The minimum atomic E-state index is -0.653. The summed E-state index contributed by atoms with van der Waals surface area (Å²) in [5, 5.41) is 17.6. The van der Waals surface area contributed by atoms with Crippen LogP contribution in [0.25, 0.3) is 0 Å². The minimum absolute atomic E-state index is 0.140. The van der Waals surface area contributed by atoms with Crippen molar-refractivity contribution in [2.75, 3.05) is 31.6 Å². The summed E-state index contributed by atoms with van der Waals surface area (Å²) in [7, 11) is 0. The van der Waals surface area contributed by atoms with Crippen LogP contribution in [0.4, 0.5) is 5.69 Å². The van der Waals surface area contributed by atoms with E-state index >= 15 is 0 Å². The topological polar surface area (TPSA) is 73.8 Å². The van der Waals surface area contributed by atoms with Crippen LogP contribution in [-0.4, -0.2) is 54.3 Å². The fourth-order valence-electron chi connectivity index (χ4n) is 4.17. The number of anilines is 1. The van der Waals surface area contributed by atoms with Gasteiger partial charge in [-0.15, -0.1) is 0 Å². The maximum Gasteiger partial charge on any atom is 0.255 e. The standard InChI is InChI=1S/C28H32ClN3O3/c29-23-12-10-21(11-13-23)19-32-16-14-24(15-17-32)30-18-25(33)20-35-27-9-5-4-8-26(27)31-28(34)22-6-2-1-3-7-22/h1-13,24-25,30,33H,14-20H2,(H,31,34). The van der Waals surface area contributed by atoms with E-state index in [1.165, 1.54) is 5.56 Å². The highest BCUT2D eigenvalue weighted by atomic mass is 35.5. The van der Waals surface area contributed by atoms with E-state index in [-0.39, 0.29) is 12.5 Å². The number of rotatable bonds is 10. The molecular weight excluding hydrogens is 462 g/mol. The summed E-state index contributed by atoms with van der Waals surface area (Å²) in [6.07, 6.45) is 1.42. The number of hydrogen-bond donors (Lipinski definition) is 3. The molecule has 35 heavy (non-hydrogen) atoms. The van der Waals surface area contributed by atoms with Gasteiger partial charge in [0.1, 0.15) is 18.5 Å². The fraction of sp³-hybridized carbons (Fsp3) is 0.321. The van der Waals surface area contributed by atoms with Gasteiger partial charge in [0.25, 0.3) is 5.91 Å². The summed E-state index contributed by atoms with van der Waals surface area (Å²) < 4.78 is 5.85. The normalized spacial score (nSPS) is 15.5. The summed E-state index contributed by atoms with van der Waals surface area (Å²) in [4.78, 5) is 14.9. The van der Waals surface area contributed by atoms with Crippen molar-refractivity contribution in [1.29, 1.82) is 0 Å². The van der Waals surface area contributed by atoms with Gasteiger partial charge in [-0.3, -0.25) is 9.69 Å². The number of aliphatic hydroxyl groups is 1. The maximum atomic E-state index is 12.5. The lowest BCUT2D eigenvalue weighted by molar-refractivity contribution is 0.0978. The molecule has 1 fully saturated rings. The van der Waals surface area contributed by atoms with Crippen LogP contribution in [0.15, 0.2) is 78.9 Å². The highest BCUT2D eigenvalue weighted by Gasteiger charge is 2.20. The molecule has 0 bridgehead atoms. The molecule has 3 aromatic carbocycles. The van der Waals surface area contributed by atoms with Gasteiger partial charge in [-0.2, -0.15) is 0 Å². The SMILES string of the molecule is O=C(Nc1ccccc1OCC(O)CNC1CCN(Cc2ccc(Cl)cc2)CC1)c1ccccc1. The number of nitrogens with one attached hydrogen (secondary N) is 2. The number of benzene rings is 3. The third-order valence-electron chi connectivity index (χ3n) is 6.15. The van der Waals surface area contributed by atoms with Crippen LogP contribution >= 0.6 is 11.6 Å². The Morgan fingerprint density at radius 1 is 1.00 bits per heavy atom. The number of carbonyl (C=O) groups is 1. The first kappa shape index (κ1) is 25.2. The molecule has 3 N–H and O–H groups in total. The number of halogens is 1. The number of amides is 1. The summed E-state index contributed by atoms with van der Waals surface area (Å²) in [6.45, 7) is 3.56. The van der Waals surface area contributed by atoms with Crippen LogP contribution in [0, 0.1) is 0 Å². The molecule has 3 aromatic rings. The van der Waals surface area contributed by atoms with E-state index in [4.69, 9.17) is 16.3 Å². The van der Waals surface area contributed by atoms with Crippen LogP contribution in [0.2, 0.25) is 5.02 Å². The molecule has 0 aliphatic carbocycles. The third kappa shape index (κ3) is 7.80. The van der Waals surface area contributed by atoms with Crippen LogP contribution in [0.1, 0.15) is 28.8 Å². The lowest BCUT2D eigenvalue weighted by Gasteiger charge is -2.33. The van der Waals surface area contributed by atoms with Gasteiger partial charge in [0.05, 0.1) is 5.69 Å². The van der Waals surface area contributed by atoms with Crippen molar-refractivity contribution in [1.82, 2.24) is 10.2 Å². The molecule has 0 radical (unpaired) electrons.